The number of benzene rings is 1. The molecule has 0 amide bonds. The minimum absolute atomic E-state index is 0.287. The minimum Gasteiger partial charge on any atom is -0.350 e. The van der Waals surface area contributed by atoms with Crippen LogP contribution in [0.2, 0.25) is 0 Å². The Balaban J connectivity index is 2.01. The topological polar surface area (TPSA) is 66.5 Å². The molecule has 2 aromatic heterocycles. The van der Waals surface area contributed by atoms with Crippen LogP contribution in [0.3, 0.4) is 0 Å². The smallest absolute Gasteiger partial charge is 0.183 e. The number of nitrogens with zero attached hydrogens (tertiary/aromatic N) is 4. The summed E-state index contributed by atoms with van der Waals surface area (Å²) in [5.41, 5.74) is 2.29. The van der Waals surface area contributed by atoms with E-state index in [1.54, 1.807) is 6.20 Å². The molecule has 92 valence electrons. The van der Waals surface area contributed by atoms with Gasteiger partial charge >= 0.3 is 0 Å². The van der Waals surface area contributed by atoms with Gasteiger partial charge in [0.15, 0.2) is 11.5 Å². The third kappa shape index (κ3) is 2.00. The van der Waals surface area contributed by atoms with E-state index in [2.05, 4.69) is 21.4 Å². The summed E-state index contributed by atoms with van der Waals surface area (Å²) in [6.45, 7) is 0. The molecule has 5 heteroatoms. The zero-order chi connectivity index (χ0) is 13.2. The number of aryl methyl sites for hydroxylation is 1. The van der Waals surface area contributed by atoms with E-state index < -0.39 is 0 Å². The highest BCUT2D eigenvalue weighted by Gasteiger charge is 2.05. The molecular weight excluding hydrogens is 238 g/mol. The van der Waals surface area contributed by atoms with Crippen molar-refractivity contribution < 1.29 is 0 Å². The second-order valence-corrected chi connectivity index (χ2v) is 4.19. The first-order chi connectivity index (χ1) is 9.28. The molecule has 0 unspecified atom stereocenters. The van der Waals surface area contributed by atoms with Crippen molar-refractivity contribution in [3.05, 3.63) is 48.5 Å². The van der Waals surface area contributed by atoms with Gasteiger partial charge in [-0.1, -0.05) is 6.07 Å². The Hall–Kier alpha value is -2.87. The molecule has 0 fully saturated rings. The van der Waals surface area contributed by atoms with Crippen molar-refractivity contribution in [1.82, 2.24) is 14.5 Å². The van der Waals surface area contributed by atoms with Crippen LogP contribution >= 0.6 is 0 Å². The molecule has 0 spiro atoms. The molecule has 0 radical (unpaired) electrons. The fourth-order valence-electron chi connectivity index (χ4n) is 1.99. The number of anilines is 2. The van der Waals surface area contributed by atoms with Gasteiger partial charge in [-0.15, -0.1) is 0 Å². The molecule has 0 saturated carbocycles. The second-order valence-electron chi connectivity index (χ2n) is 4.19. The Labute approximate surface area is 110 Å². The fourth-order valence-corrected chi connectivity index (χ4v) is 1.99. The molecule has 1 N–H and O–H groups in total. The summed E-state index contributed by atoms with van der Waals surface area (Å²) in [7, 11) is 2.00. The SMILES string of the molecule is Cn1ccc2ccc(Nc3nccnc3C#N)cc21. The summed E-state index contributed by atoms with van der Waals surface area (Å²) >= 11 is 0. The number of aromatic nitrogens is 3. The van der Waals surface area contributed by atoms with Gasteiger partial charge in [0.2, 0.25) is 0 Å². The van der Waals surface area contributed by atoms with Crippen LogP contribution < -0.4 is 5.32 Å². The van der Waals surface area contributed by atoms with Crippen LogP contribution in [0.15, 0.2) is 42.9 Å². The quantitative estimate of drug-likeness (QED) is 0.758. The minimum atomic E-state index is 0.287. The first kappa shape index (κ1) is 11.2. The molecular formula is C14H11N5. The van der Waals surface area contributed by atoms with Crippen LogP contribution in [0.25, 0.3) is 10.9 Å². The van der Waals surface area contributed by atoms with Crippen molar-refractivity contribution >= 4 is 22.4 Å². The van der Waals surface area contributed by atoms with Crippen molar-refractivity contribution in [3.63, 3.8) is 0 Å². The van der Waals surface area contributed by atoms with E-state index in [1.807, 2.05) is 42.1 Å². The Morgan fingerprint density at radius 1 is 1.21 bits per heavy atom. The highest BCUT2D eigenvalue weighted by atomic mass is 15.0. The molecule has 0 saturated heterocycles. The molecule has 0 aliphatic rings. The Kier molecular flexibility index (Phi) is 2.62. The molecule has 0 atom stereocenters. The summed E-state index contributed by atoms with van der Waals surface area (Å²) in [6, 6.07) is 10.1. The number of rotatable bonds is 2. The zero-order valence-corrected chi connectivity index (χ0v) is 10.3. The number of nitrogens with one attached hydrogen (secondary N) is 1. The average Bonchev–Trinajstić information content (AvgIpc) is 2.81. The van der Waals surface area contributed by atoms with Crippen LogP contribution in [0, 0.1) is 11.3 Å². The predicted octanol–water partition coefficient (Wildman–Crippen LogP) is 2.58. The molecule has 0 aliphatic heterocycles. The molecule has 1 aromatic carbocycles. The van der Waals surface area contributed by atoms with E-state index >= 15 is 0 Å². The van der Waals surface area contributed by atoms with Crippen LogP contribution in [-0.4, -0.2) is 14.5 Å². The number of fused-ring (bicyclic) bond motifs is 1. The van der Waals surface area contributed by atoms with Crippen LogP contribution in [-0.2, 0) is 7.05 Å². The highest BCUT2D eigenvalue weighted by molar-refractivity contribution is 5.84. The summed E-state index contributed by atoms with van der Waals surface area (Å²) in [5, 5.41) is 13.3. The molecule has 0 bridgehead atoms. The zero-order valence-electron chi connectivity index (χ0n) is 10.3. The van der Waals surface area contributed by atoms with Gasteiger partial charge in [0.05, 0.1) is 0 Å². The lowest BCUT2D eigenvalue weighted by atomic mass is 10.2. The van der Waals surface area contributed by atoms with E-state index in [4.69, 9.17) is 5.26 Å². The van der Waals surface area contributed by atoms with Gasteiger partial charge in [-0.05, 0) is 23.6 Å². The van der Waals surface area contributed by atoms with Gasteiger partial charge in [0.1, 0.15) is 6.07 Å². The van der Waals surface area contributed by atoms with Gasteiger partial charge in [0, 0.05) is 36.8 Å². The molecule has 3 aromatic rings. The normalized spacial score (nSPS) is 10.3. The summed E-state index contributed by atoms with van der Waals surface area (Å²) < 4.78 is 2.04. The first-order valence-corrected chi connectivity index (χ1v) is 5.81. The van der Waals surface area contributed by atoms with Crippen LogP contribution in [0.5, 0.6) is 0 Å². The van der Waals surface area contributed by atoms with Gasteiger partial charge in [0.25, 0.3) is 0 Å². The average molecular weight is 249 g/mol. The van der Waals surface area contributed by atoms with Gasteiger partial charge in [-0.3, -0.25) is 0 Å². The molecule has 5 nitrogen and oxygen atoms in total. The summed E-state index contributed by atoms with van der Waals surface area (Å²) in [4.78, 5) is 8.10. The number of nitriles is 1. The van der Waals surface area contributed by atoms with Crippen LogP contribution in [0.1, 0.15) is 5.69 Å². The van der Waals surface area contributed by atoms with Crippen molar-refractivity contribution in [2.24, 2.45) is 7.05 Å². The molecule has 0 aliphatic carbocycles. The first-order valence-electron chi connectivity index (χ1n) is 5.81. The maximum atomic E-state index is 8.98. The Morgan fingerprint density at radius 3 is 2.89 bits per heavy atom. The van der Waals surface area contributed by atoms with Crippen molar-refractivity contribution in [2.75, 3.05) is 5.32 Å². The molecule has 3 rings (SSSR count). The monoisotopic (exact) mass is 249 g/mol. The predicted molar refractivity (Wildman–Crippen MR) is 72.9 cm³/mol. The lowest BCUT2D eigenvalue weighted by Gasteiger charge is -2.07. The Morgan fingerprint density at radius 2 is 2.05 bits per heavy atom. The van der Waals surface area contributed by atoms with Crippen LogP contribution in [0.4, 0.5) is 11.5 Å². The highest BCUT2D eigenvalue weighted by Crippen LogP contribution is 2.22. The lowest BCUT2D eigenvalue weighted by molar-refractivity contribution is 0.969. The number of hydrogen-bond donors (Lipinski definition) is 1. The standard InChI is InChI=1S/C14H11N5/c1-19-7-4-10-2-3-11(8-13(10)19)18-14-12(9-15)16-5-6-17-14/h2-8H,1H3,(H,17,18). The van der Waals surface area contributed by atoms with E-state index in [9.17, 15) is 0 Å². The largest absolute Gasteiger partial charge is 0.350 e. The lowest BCUT2D eigenvalue weighted by Crippen LogP contribution is -1.98. The molecule has 19 heavy (non-hydrogen) atoms. The molecule has 2 heterocycles. The van der Waals surface area contributed by atoms with Gasteiger partial charge in [-0.2, -0.15) is 5.26 Å². The Bertz CT molecular complexity index is 782. The van der Waals surface area contributed by atoms with Crippen molar-refractivity contribution in [3.8, 4) is 6.07 Å². The summed E-state index contributed by atoms with van der Waals surface area (Å²) in [5.74, 6) is 0.471. The van der Waals surface area contributed by atoms with E-state index in [0.29, 0.717) is 5.82 Å². The van der Waals surface area contributed by atoms with E-state index in [1.165, 1.54) is 11.6 Å². The van der Waals surface area contributed by atoms with Gasteiger partial charge in [-0.25, -0.2) is 9.97 Å². The van der Waals surface area contributed by atoms with Crippen molar-refractivity contribution in [2.45, 2.75) is 0 Å². The van der Waals surface area contributed by atoms with E-state index in [0.717, 1.165) is 11.2 Å². The second kappa shape index (κ2) is 4.42. The third-order valence-electron chi connectivity index (χ3n) is 2.96. The third-order valence-corrected chi connectivity index (χ3v) is 2.96. The van der Waals surface area contributed by atoms with Crippen molar-refractivity contribution in [1.29, 1.82) is 5.26 Å². The maximum Gasteiger partial charge on any atom is 0.183 e. The fraction of sp³-hybridized carbons (Fsp3) is 0.0714. The maximum absolute atomic E-state index is 8.98. The van der Waals surface area contributed by atoms with E-state index in [-0.39, 0.29) is 5.69 Å². The summed E-state index contributed by atoms with van der Waals surface area (Å²) in [6.07, 6.45) is 5.08. The van der Waals surface area contributed by atoms with Gasteiger partial charge < -0.3 is 9.88 Å². The number of hydrogen-bond acceptors (Lipinski definition) is 4.